The summed E-state index contributed by atoms with van der Waals surface area (Å²) in [4.78, 5) is 19.6. The third kappa shape index (κ3) is 6.23. The summed E-state index contributed by atoms with van der Waals surface area (Å²) in [5, 5.41) is 17.2. The molecule has 2 N–H and O–H groups in total. The largest absolute Gasteiger partial charge is 0.516 e. The summed E-state index contributed by atoms with van der Waals surface area (Å²) >= 11 is 0. The molecule has 1 aromatic rings. The first-order chi connectivity index (χ1) is 11.8. The van der Waals surface area contributed by atoms with E-state index in [9.17, 15) is 9.90 Å². The van der Waals surface area contributed by atoms with Gasteiger partial charge in [0.2, 0.25) is 0 Å². The molecule has 1 aliphatic heterocycles. The lowest BCUT2D eigenvalue weighted by atomic mass is 9.85. The lowest BCUT2D eigenvalue weighted by molar-refractivity contribution is -0.141. The van der Waals surface area contributed by atoms with Gasteiger partial charge in [-0.3, -0.25) is 0 Å². The van der Waals surface area contributed by atoms with Crippen LogP contribution >= 0.6 is 0 Å². The number of carbonyl (C=O) groups excluding carboxylic acids is 2. The Morgan fingerprint density at radius 1 is 1.32 bits per heavy atom. The molecule has 1 aliphatic rings. The minimum atomic E-state index is -1.21. The molecule has 25 heavy (non-hydrogen) atoms. The van der Waals surface area contributed by atoms with Crippen molar-refractivity contribution in [1.29, 1.82) is 0 Å². The van der Waals surface area contributed by atoms with Crippen LogP contribution in [-0.4, -0.2) is 29.6 Å². The van der Waals surface area contributed by atoms with Crippen molar-refractivity contribution in [2.75, 3.05) is 6.61 Å². The Morgan fingerprint density at radius 2 is 1.88 bits per heavy atom. The molecule has 6 nitrogen and oxygen atoms in total. The monoisotopic (exact) mass is 352 g/mol. The fourth-order valence-corrected chi connectivity index (χ4v) is 2.20. The van der Waals surface area contributed by atoms with E-state index < -0.39 is 12.1 Å². The lowest BCUT2D eigenvalue weighted by Gasteiger charge is -2.22. The summed E-state index contributed by atoms with van der Waals surface area (Å²) in [7, 11) is 0. The zero-order chi connectivity index (χ0) is 19.6. The van der Waals surface area contributed by atoms with E-state index in [-0.39, 0.29) is 5.41 Å². The van der Waals surface area contributed by atoms with E-state index >= 15 is 0 Å². The second kappa shape index (κ2) is 10.5. The topological polar surface area (TPSA) is 93.1 Å². The standard InChI is InChI=1S/C16H22O4.C2H4O.CH2O/c1-5-6-7-19-10-8-11-13(17)15(18)20-14(11)12(9-10)16(2,3)4;1-2-3;1-2/h8-9,13,17H,5-7H2,1-4H3;2-3H,1H2;1H2. The van der Waals surface area contributed by atoms with E-state index in [1.807, 2.05) is 33.6 Å². The van der Waals surface area contributed by atoms with Crippen LogP contribution in [0, 0.1) is 0 Å². The minimum absolute atomic E-state index is 0.196. The SMILES string of the molecule is C=CO.C=O.CCCCOc1cc2c(c(C(C)(C)C)c1)OC(=O)C2O. The number of benzene rings is 1. The van der Waals surface area contributed by atoms with Gasteiger partial charge in [-0.15, -0.1) is 0 Å². The van der Waals surface area contributed by atoms with Gasteiger partial charge in [0.25, 0.3) is 0 Å². The van der Waals surface area contributed by atoms with Crippen LogP contribution in [0.1, 0.15) is 57.8 Å². The van der Waals surface area contributed by atoms with E-state index in [1.165, 1.54) is 0 Å². The average molecular weight is 352 g/mol. The fourth-order valence-electron chi connectivity index (χ4n) is 2.20. The smallest absolute Gasteiger partial charge is 0.345 e. The van der Waals surface area contributed by atoms with Crippen LogP contribution in [0.15, 0.2) is 25.0 Å². The quantitative estimate of drug-likeness (QED) is 0.372. The second-order valence-corrected chi connectivity index (χ2v) is 6.35. The highest BCUT2D eigenvalue weighted by molar-refractivity contribution is 5.85. The van der Waals surface area contributed by atoms with Gasteiger partial charge in [-0.1, -0.05) is 40.7 Å². The molecule has 0 aromatic heterocycles. The first kappa shape index (κ1) is 22.7. The van der Waals surface area contributed by atoms with Crippen molar-refractivity contribution >= 4 is 12.8 Å². The number of unbranched alkanes of at least 4 members (excludes halogenated alkanes) is 1. The van der Waals surface area contributed by atoms with Crippen LogP contribution in [0.5, 0.6) is 11.5 Å². The lowest BCUT2D eigenvalue weighted by Crippen LogP contribution is -2.14. The molecule has 0 radical (unpaired) electrons. The fraction of sp³-hybridized carbons (Fsp3) is 0.474. The zero-order valence-corrected chi connectivity index (χ0v) is 15.4. The Labute approximate surface area is 149 Å². The molecule has 6 heteroatoms. The first-order valence-electron chi connectivity index (χ1n) is 8.01. The van der Waals surface area contributed by atoms with E-state index in [1.54, 1.807) is 6.07 Å². The van der Waals surface area contributed by atoms with Gasteiger partial charge in [0.05, 0.1) is 12.9 Å². The Kier molecular flexibility index (Phi) is 9.53. The molecule has 0 spiro atoms. The summed E-state index contributed by atoms with van der Waals surface area (Å²) in [5.74, 6) is 0.550. The molecule has 2 rings (SSSR count). The number of aliphatic hydroxyl groups excluding tert-OH is 2. The summed E-state index contributed by atoms with van der Waals surface area (Å²) in [6.45, 7) is 13.8. The Hall–Kier alpha value is -2.34. The molecular weight excluding hydrogens is 324 g/mol. The average Bonchev–Trinajstić information content (AvgIpc) is 2.84. The van der Waals surface area contributed by atoms with Crippen LogP contribution in [0.2, 0.25) is 0 Å². The van der Waals surface area contributed by atoms with Gasteiger partial charge in [-0.25, -0.2) is 4.79 Å². The molecule has 1 heterocycles. The number of fused-ring (bicyclic) bond motifs is 1. The van der Waals surface area contributed by atoms with Gasteiger partial charge in [0.1, 0.15) is 18.3 Å². The molecule has 0 saturated heterocycles. The van der Waals surface area contributed by atoms with Gasteiger partial charge < -0.3 is 24.5 Å². The number of carbonyl (C=O) groups is 2. The Morgan fingerprint density at radius 3 is 2.36 bits per heavy atom. The highest BCUT2D eigenvalue weighted by atomic mass is 16.6. The molecule has 0 amide bonds. The minimum Gasteiger partial charge on any atom is -0.516 e. The van der Waals surface area contributed by atoms with E-state index in [0.29, 0.717) is 23.7 Å². The van der Waals surface area contributed by atoms with Crippen molar-refractivity contribution in [2.45, 2.75) is 52.1 Å². The molecule has 0 aliphatic carbocycles. The van der Waals surface area contributed by atoms with Crippen molar-refractivity contribution in [3.8, 4) is 11.5 Å². The second-order valence-electron chi connectivity index (χ2n) is 6.35. The van der Waals surface area contributed by atoms with E-state index in [0.717, 1.165) is 24.7 Å². The Bertz CT molecular complexity index is 574. The van der Waals surface area contributed by atoms with Gasteiger partial charge in [0, 0.05) is 11.1 Å². The molecule has 1 atom stereocenters. The van der Waals surface area contributed by atoms with Crippen molar-refractivity contribution in [3.63, 3.8) is 0 Å². The van der Waals surface area contributed by atoms with Crippen LogP contribution in [0.3, 0.4) is 0 Å². The molecule has 1 unspecified atom stereocenters. The molecule has 1 aromatic carbocycles. The Balaban J connectivity index is 0.00000104. The van der Waals surface area contributed by atoms with Crippen molar-refractivity contribution in [1.82, 2.24) is 0 Å². The third-order valence-electron chi connectivity index (χ3n) is 3.39. The molecular formula is C19H28O6. The van der Waals surface area contributed by atoms with Crippen LogP contribution < -0.4 is 9.47 Å². The zero-order valence-electron chi connectivity index (χ0n) is 15.4. The van der Waals surface area contributed by atoms with Gasteiger partial charge >= 0.3 is 5.97 Å². The van der Waals surface area contributed by atoms with E-state index in [4.69, 9.17) is 19.4 Å². The predicted octanol–water partition coefficient (Wildman–Crippen LogP) is 3.62. The third-order valence-corrected chi connectivity index (χ3v) is 3.39. The number of ether oxygens (including phenoxy) is 2. The highest BCUT2D eigenvalue weighted by Gasteiger charge is 2.36. The molecule has 0 saturated carbocycles. The van der Waals surface area contributed by atoms with Crippen molar-refractivity contribution < 1.29 is 29.3 Å². The molecule has 0 bridgehead atoms. The van der Waals surface area contributed by atoms with Crippen LogP contribution in [-0.2, 0) is 15.0 Å². The van der Waals surface area contributed by atoms with Crippen LogP contribution in [0.25, 0.3) is 0 Å². The summed E-state index contributed by atoms with van der Waals surface area (Å²) in [5.41, 5.74) is 1.19. The molecule has 140 valence electrons. The van der Waals surface area contributed by atoms with Crippen molar-refractivity contribution in [3.05, 3.63) is 36.1 Å². The molecule has 0 fully saturated rings. The van der Waals surface area contributed by atoms with Crippen molar-refractivity contribution in [2.24, 2.45) is 0 Å². The van der Waals surface area contributed by atoms with Gasteiger partial charge in [0.15, 0.2) is 6.10 Å². The maximum atomic E-state index is 11.6. The maximum Gasteiger partial charge on any atom is 0.345 e. The number of aliphatic hydroxyl groups is 2. The number of esters is 1. The van der Waals surface area contributed by atoms with E-state index in [2.05, 4.69) is 13.5 Å². The number of hydrogen-bond donors (Lipinski definition) is 2. The summed E-state index contributed by atoms with van der Waals surface area (Å²) in [6.07, 6.45) is 1.57. The number of hydrogen-bond acceptors (Lipinski definition) is 6. The normalized spacial score (nSPS) is 14.9. The first-order valence-corrected chi connectivity index (χ1v) is 8.01. The van der Waals surface area contributed by atoms with Gasteiger partial charge in [-0.05, 0) is 24.0 Å². The van der Waals surface area contributed by atoms with Crippen LogP contribution in [0.4, 0.5) is 0 Å². The summed E-state index contributed by atoms with van der Waals surface area (Å²) < 4.78 is 10.9. The maximum absolute atomic E-state index is 11.6. The predicted molar refractivity (Wildman–Crippen MR) is 96.1 cm³/mol. The highest BCUT2D eigenvalue weighted by Crippen LogP contribution is 2.44. The number of rotatable bonds is 4. The summed E-state index contributed by atoms with van der Waals surface area (Å²) in [6, 6.07) is 3.61. The van der Waals surface area contributed by atoms with Gasteiger partial charge in [-0.2, -0.15) is 0 Å².